The number of halogens is 3. The van der Waals surface area contributed by atoms with Gasteiger partial charge in [0.1, 0.15) is 0 Å². The first-order valence-corrected chi connectivity index (χ1v) is 8.03. The molecule has 0 aliphatic heterocycles. The van der Waals surface area contributed by atoms with Crippen LogP contribution in [0.3, 0.4) is 0 Å². The van der Waals surface area contributed by atoms with Crippen LogP contribution in [-0.2, 0) is 6.18 Å². The van der Waals surface area contributed by atoms with Gasteiger partial charge in [-0.15, -0.1) is 11.3 Å². The van der Waals surface area contributed by atoms with Crippen molar-refractivity contribution in [1.29, 1.82) is 0 Å². The lowest BCUT2D eigenvalue weighted by Gasteiger charge is -2.10. The molecule has 2 aromatic heterocycles. The average Bonchev–Trinajstić information content (AvgIpc) is 3.12. The van der Waals surface area contributed by atoms with Crippen molar-refractivity contribution in [2.75, 3.05) is 5.32 Å². The number of amides is 1. The van der Waals surface area contributed by atoms with Crippen LogP contribution in [0.15, 0.2) is 36.7 Å². The first-order valence-electron chi connectivity index (χ1n) is 7.22. The van der Waals surface area contributed by atoms with Gasteiger partial charge in [0.05, 0.1) is 28.7 Å². The molecule has 0 radical (unpaired) electrons. The molecule has 9 heteroatoms. The molecule has 0 atom stereocenters. The molecule has 0 saturated heterocycles. The molecule has 25 heavy (non-hydrogen) atoms. The Bertz CT molecular complexity index is 930. The molecule has 3 rings (SSSR count). The third kappa shape index (κ3) is 3.55. The van der Waals surface area contributed by atoms with Gasteiger partial charge < -0.3 is 0 Å². The second kappa shape index (κ2) is 6.32. The number of benzene rings is 1. The highest BCUT2D eigenvalue weighted by Gasteiger charge is 2.30. The molecule has 0 unspecified atom stereocenters. The van der Waals surface area contributed by atoms with E-state index in [0.717, 1.165) is 17.0 Å². The molecule has 0 saturated carbocycles. The maximum absolute atomic E-state index is 12.9. The van der Waals surface area contributed by atoms with Crippen molar-refractivity contribution >= 4 is 22.4 Å². The van der Waals surface area contributed by atoms with Gasteiger partial charge in [-0.05, 0) is 32.0 Å². The number of rotatable bonds is 3. The summed E-state index contributed by atoms with van der Waals surface area (Å²) in [6.07, 6.45) is -1.48. The lowest BCUT2D eigenvalue weighted by Crippen LogP contribution is -2.13. The van der Waals surface area contributed by atoms with Gasteiger partial charge in [-0.25, -0.2) is 9.67 Å². The van der Waals surface area contributed by atoms with E-state index in [1.54, 1.807) is 13.1 Å². The predicted octanol–water partition coefficient (Wildman–Crippen LogP) is 4.22. The Balaban J connectivity index is 1.90. The Morgan fingerprint density at radius 2 is 2.00 bits per heavy atom. The minimum Gasteiger partial charge on any atom is -0.298 e. The minimum absolute atomic E-state index is 0.233. The Morgan fingerprint density at radius 3 is 2.64 bits per heavy atom. The Morgan fingerprint density at radius 1 is 1.24 bits per heavy atom. The molecular formula is C16H13F3N4OS. The second-order valence-electron chi connectivity index (χ2n) is 5.33. The largest absolute Gasteiger partial charge is 0.416 e. The third-order valence-electron chi connectivity index (χ3n) is 3.51. The highest BCUT2D eigenvalue weighted by atomic mass is 32.1. The summed E-state index contributed by atoms with van der Waals surface area (Å²) in [5.74, 6) is -0.412. The number of carbonyl (C=O) groups excluding carboxylic acids is 1. The Kier molecular flexibility index (Phi) is 4.34. The van der Waals surface area contributed by atoms with Gasteiger partial charge in [0.25, 0.3) is 5.91 Å². The van der Waals surface area contributed by atoms with Crippen LogP contribution in [0.4, 0.5) is 18.3 Å². The lowest BCUT2D eigenvalue weighted by atomic mass is 10.2. The lowest BCUT2D eigenvalue weighted by molar-refractivity contribution is -0.137. The van der Waals surface area contributed by atoms with Crippen LogP contribution in [0, 0.1) is 13.8 Å². The van der Waals surface area contributed by atoms with E-state index in [1.165, 1.54) is 34.3 Å². The van der Waals surface area contributed by atoms with E-state index in [1.807, 2.05) is 6.92 Å². The zero-order valence-electron chi connectivity index (χ0n) is 13.3. The van der Waals surface area contributed by atoms with Crippen molar-refractivity contribution < 1.29 is 18.0 Å². The van der Waals surface area contributed by atoms with E-state index in [4.69, 9.17) is 0 Å². The number of hydrogen-bond acceptors (Lipinski definition) is 4. The van der Waals surface area contributed by atoms with Gasteiger partial charge in [0.15, 0.2) is 5.13 Å². The molecule has 3 aromatic rings. The fraction of sp³-hybridized carbons (Fsp3) is 0.188. The molecule has 1 aromatic carbocycles. The minimum atomic E-state index is -4.44. The number of carbonyl (C=O) groups is 1. The molecule has 0 aliphatic carbocycles. The van der Waals surface area contributed by atoms with E-state index in [9.17, 15) is 18.0 Å². The summed E-state index contributed by atoms with van der Waals surface area (Å²) in [4.78, 5) is 17.3. The number of nitrogens with one attached hydrogen (secondary N) is 1. The first-order chi connectivity index (χ1) is 11.8. The number of thiazole rings is 1. The average molecular weight is 366 g/mol. The van der Waals surface area contributed by atoms with Crippen LogP contribution in [0.1, 0.15) is 26.5 Å². The smallest absolute Gasteiger partial charge is 0.298 e. The number of aryl methyl sites for hydroxylation is 1. The molecule has 0 fully saturated rings. The van der Waals surface area contributed by atoms with Crippen molar-refractivity contribution in [3.63, 3.8) is 0 Å². The Hall–Kier alpha value is -2.68. The van der Waals surface area contributed by atoms with Gasteiger partial charge in [0.2, 0.25) is 0 Å². The van der Waals surface area contributed by atoms with E-state index >= 15 is 0 Å². The predicted molar refractivity (Wildman–Crippen MR) is 88.1 cm³/mol. The van der Waals surface area contributed by atoms with Crippen molar-refractivity contribution in [2.45, 2.75) is 20.0 Å². The SMILES string of the molecule is Cc1cnc(NC(=O)c2cnn(-c3cccc(C(F)(F)F)c3)c2C)s1. The van der Waals surface area contributed by atoms with Gasteiger partial charge in [0, 0.05) is 11.1 Å². The summed E-state index contributed by atoms with van der Waals surface area (Å²) in [6.45, 7) is 3.49. The molecule has 0 spiro atoms. The van der Waals surface area contributed by atoms with Gasteiger partial charge in [-0.2, -0.15) is 18.3 Å². The summed E-state index contributed by atoms with van der Waals surface area (Å²) in [5.41, 5.74) is 0.163. The molecule has 2 heterocycles. The highest BCUT2D eigenvalue weighted by molar-refractivity contribution is 7.15. The summed E-state index contributed by atoms with van der Waals surface area (Å²) in [6, 6.07) is 4.78. The summed E-state index contributed by atoms with van der Waals surface area (Å²) < 4.78 is 39.9. The highest BCUT2D eigenvalue weighted by Crippen LogP contribution is 2.30. The molecule has 5 nitrogen and oxygen atoms in total. The zero-order chi connectivity index (χ0) is 18.2. The fourth-order valence-corrected chi connectivity index (χ4v) is 2.94. The molecule has 0 aliphatic rings. The normalized spacial score (nSPS) is 11.6. The maximum Gasteiger partial charge on any atom is 0.416 e. The first kappa shape index (κ1) is 17.2. The van der Waals surface area contributed by atoms with Crippen molar-refractivity contribution in [1.82, 2.24) is 14.8 Å². The molecule has 1 N–H and O–H groups in total. The van der Waals surface area contributed by atoms with Crippen LogP contribution in [-0.4, -0.2) is 20.7 Å². The summed E-state index contributed by atoms with van der Waals surface area (Å²) in [7, 11) is 0. The fourth-order valence-electron chi connectivity index (χ4n) is 2.28. The maximum atomic E-state index is 12.9. The van der Waals surface area contributed by atoms with Crippen molar-refractivity contribution in [2.24, 2.45) is 0 Å². The third-order valence-corrected chi connectivity index (χ3v) is 4.34. The molecule has 0 bridgehead atoms. The summed E-state index contributed by atoms with van der Waals surface area (Å²) in [5, 5.41) is 7.16. The van der Waals surface area contributed by atoms with Crippen molar-refractivity contribution in [3.05, 3.63) is 58.4 Å². The molecular weight excluding hydrogens is 353 g/mol. The molecule has 130 valence electrons. The standard InChI is InChI=1S/C16H13F3N4OS/c1-9-7-20-15(25-9)22-14(24)13-8-21-23(10(13)2)12-5-3-4-11(6-12)16(17,18)19/h3-8H,1-2H3,(H,20,22,24). The summed E-state index contributed by atoms with van der Waals surface area (Å²) >= 11 is 1.33. The van der Waals surface area contributed by atoms with Crippen molar-refractivity contribution in [3.8, 4) is 5.69 Å². The Labute approximate surface area is 145 Å². The van der Waals surface area contributed by atoms with Gasteiger partial charge >= 0.3 is 6.18 Å². The zero-order valence-corrected chi connectivity index (χ0v) is 14.1. The van der Waals surface area contributed by atoms with Crippen LogP contribution in [0.25, 0.3) is 5.69 Å². The topological polar surface area (TPSA) is 59.8 Å². The van der Waals surface area contributed by atoms with Gasteiger partial charge in [-0.3, -0.25) is 10.1 Å². The number of aromatic nitrogens is 3. The van der Waals surface area contributed by atoms with E-state index in [0.29, 0.717) is 10.8 Å². The van der Waals surface area contributed by atoms with E-state index in [-0.39, 0.29) is 11.3 Å². The number of hydrogen-bond donors (Lipinski definition) is 1. The van der Waals surface area contributed by atoms with Gasteiger partial charge in [-0.1, -0.05) is 6.07 Å². The van der Waals surface area contributed by atoms with E-state index < -0.39 is 17.6 Å². The monoisotopic (exact) mass is 366 g/mol. The van der Waals surface area contributed by atoms with Crippen LogP contribution < -0.4 is 5.32 Å². The van der Waals surface area contributed by atoms with E-state index in [2.05, 4.69) is 15.4 Å². The van der Waals surface area contributed by atoms with Crippen LogP contribution >= 0.6 is 11.3 Å². The number of alkyl halides is 3. The van der Waals surface area contributed by atoms with Crippen LogP contribution in [0.5, 0.6) is 0 Å². The van der Waals surface area contributed by atoms with Crippen LogP contribution in [0.2, 0.25) is 0 Å². The second-order valence-corrected chi connectivity index (χ2v) is 6.57. The quantitative estimate of drug-likeness (QED) is 0.755. The molecule has 1 amide bonds. The number of nitrogens with zero attached hydrogens (tertiary/aromatic N) is 3. The number of anilines is 1.